The molecule has 0 radical (unpaired) electrons. The van der Waals surface area contributed by atoms with Gasteiger partial charge in [-0.3, -0.25) is 0 Å². The molecule has 1 aromatic carbocycles. The molecule has 0 aliphatic heterocycles. The smallest absolute Gasteiger partial charge is 0.401 e. The van der Waals surface area contributed by atoms with E-state index in [1.165, 1.54) is 5.30 Å². The van der Waals surface area contributed by atoms with Gasteiger partial charge in [0.05, 0.1) is 6.61 Å². The molecule has 0 saturated heterocycles. The summed E-state index contributed by atoms with van der Waals surface area (Å²) >= 11 is 0. The van der Waals surface area contributed by atoms with Crippen molar-refractivity contribution in [3.05, 3.63) is 29.8 Å². The Kier molecular flexibility index (Phi) is 9.34. The van der Waals surface area contributed by atoms with Crippen molar-refractivity contribution in [2.24, 2.45) is 0 Å². The number of rotatable bonds is 10. The molecule has 1 atom stereocenters. The lowest BCUT2D eigenvalue weighted by Crippen LogP contribution is -2.50. The van der Waals surface area contributed by atoms with Gasteiger partial charge in [-0.1, -0.05) is 52.5 Å². The first-order chi connectivity index (χ1) is 9.69. The minimum atomic E-state index is -2.81. The van der Waals surface area contributed by atoms with Crippen molar-refractivity contribution in [1.82, 2.24) is 0 Å². The molecule has 0 saturated carbocycles. The molecule has 1 rings (SSSR count). The van der Waals surface area contributed by atoms with Gasteiger partial charge in [0.15, 0.2) is 29.3 Å². The Morgan fingerprint density at radius 2 is 1.45 bits per heavy atom. The van der Waals surface area contributed by atoms with Gasteiger partial charge < -0.3 is 16.8 Å². The summed E-state index contributed by atoms with van der Waals surface area (Å²) in [5, 5.41) is 1.36. The highest BCUT2D eigenvalue weighted by atomic mass is 31.1. The minimum absolute atomic E-state index is 0.510. The van der Waals surface area contributed by atoms with E-state index in [0.717, 1.165) is 14.1 Å². The van der Waals surface area contributed by atoms with Gasteiger partial charge >= 0.3 is 9.05 Å². The largest absolute Gasteiger partial charge is 0.646 e. The van der Waals surface area contributed by atoms with Crippen LogP contribution in [0.3, 0.4) is 0 Å². The van der Waals surface area contributed by atoms with Crippen molar-refractivity contribution in [2.45, 2.75) is 26.2 Å². The molecule has 0 amide bonds. The maximum atomic E-state index is 5.99. The Hall–Kier alpha value is 0.358. The van der Waals surface area contributed by atoms with E-state index in [1.807, 2.05) is 0 Å². The van der Waals surface area contributed by atoms with Crippen LogP contribution in [0.15, 0.2) is 24.3 Å². The number of hydrogen-bond acceptors (Lipinski definition) is 4. The summed E-state index contributed by atoms with van der Waals surface area (Å²) in [6.07, 6.45) is 0. The lowest BCUT2D eigenvalue weighted by Gasteiger charge is -2.28. The van der Waals surface area contributed by atoms with Crippen LogP contribution in [-0.4, -0.2) is 45.0 Å². The van der Waals surface area contributed by atoms with Gasteiger partial charge in [0.1, 0.15) is 0 Å². The molecular weight excluding hydrogens is 339 g/mol. The third kappa shape index (κ3) is 6.00. The van der Waals surface area contributed by atoms with Crippen molar-refractivity contribution in [3.63, 3.8) is 0 Å². The van der Waals surface area contributed by atoms with Gasteiger partial charge in [0.2, 0.25) is 0 Å². The summed E-state index contributed by atoms with van der Waals surface area (Å²) in [7, 11) is -3.81. The summed E-state index contributed by atoms with van der Waals surface area (Å²) in [5.41, 5.74) is 1.15. The van der Waals surface area contributed by atoms with E-state index in [-0.39, 0.29) is 0 Å². The molecule has 4 nitrogen and oxygen atoms in total. The standard InChI is InChI=1S/C11H25O4PSi4/c1-16-11-7-5-10(6-8-11)9-12-20(13-17-2,14-18-3)15-19-4/h5-8,16H,9,17-19H2,1-4H3. The van der Waals surface area contributed by atoms with E-state index < -0.39 is 38.3 Å². The van der Waals surface area contributed by atoms with Crippen molar-refractivity contribution in [3.8, 4) is 0 Å². The fourth-order valence-electron chi connectivity index (χ4n) is 1.72. The van der Waals surface area contributed by atoms with Crippen LogP contribution in [0, 0.1) is 0 Å². The molecule has 1 unspecified atom stereocenters. The quantitative estimate of drug-likeness (QED) is 0.433. The maximum absolute atomic E-state index is 5.99. The van der Waals surface area contributed by atoms with Crippen molar-refractivity contribution in [2.75, 3.05) is 6.66 Å². The zero-order valence-electron chi connectivity index (χ0n) is 12.8. The van der Waals surface area contributed by atoms with E-state index in [2.05, 4.69) is 50.6 Å². The van der Waals surface area contributed by atoms with Gasteiger partial charge in [0.25, 0.3) is 0 Å². The Morgan fingerprint density at radius 1 is 0.950 bits per heavy atom. The number of benzene rings is 1. The van der Waals surface area contributed by atoms with Crippen LogP contribution in [0.2, 0.25) is 19.6 Å². The highest BCUT2D eigenvalue weighted by Crippen LogP contribution is 2.14. The molecule has 0 heterocycles. The summed E-state index contributed by atoms with van der Waals surface area (Å²) in [4.78, 5) is 0. The van der Waals surface area contributed by atoms with E-state index in [4.69, 9.17) is 16.8 Å². The van der Waals surface area contributed by atoms with Crippen molar-refractivity contribution >= 4 is 52.2 Å². The first-order valence-corrected chi connectivity index (χ1v) is 16.1. The molecule has 0 aliphatic rings. The highest BCUT2D eigenvalue weighted by molar-refractivity contribution is 7.46. The lowest BCUT2D eigenvalue weighted by molar-refractivity contribution is 0.0899. The molecule has 9 heteroatoms. The predicted octanol–water partition coefficient (Wildman–Crippen LogP) is 0.0179. The minimum Gasteiger partial charge on any atom is -0.401 e. The maximum Gasteiger partial charge on any atom is 0.646 e. The summed E-state index contributed by atoms with van der Waals surface area (Å²) in [5.74, 6) is 0. The molecule has 0 N–H and O–H groups in total. The summed E-state index contributed by atoms with van der Waals surface area (Å²) < 4.78 is 23.6. The topological polar surface area (TPSA) is 36.9 Å². The SMILES string of the molecule is C[SiH2]O[Si](OCc1ccc(PC)cc1)(O[SiH2]C)O[SiH2]C. The average molecular weight is 365 g/mol. The van der Waals surface area contributed by atoms with E-state index in [1.54, 1.807) is 0 Å². The highest BCUT2D eigenvalue weighted by Gasteiger charge is 2.42. The van der Waals surface area contributed by atoms with Gasteiger partial charge in [-0.05, 0) is 17.5 Å². The Morgan fingerprint density at radius 3 is 1.85 bits per heavy atom. The van der Waals surface area contributed by atoms with E-state index >= 15 is 0 Å². The van der Waals surface area contributed by atoms with Crippen LogP contribution < -0.4 is 5.30 Å². The van der Waals surface area contributed by atoms with E-state index in [9.17, 15) is 0 Å². The van der Waals surface area contributed by atoms with Crippen LogP contribution in [0.25, 0.3) is 0 Å². The Balaban J connectivity index is 2.67. The molecule has 20 heavy (non-hydrogen) atoms. The molecule has 114 valence electrons. The molecule has 0 aliphatic carbocycles. The molecule has 0 aromatic heterocycles. The monoisotopic (exact) mass is 364 g/mol. The molecular formula is C11H25O4PSi4. The second-order valence-corrected chi connectivity index (χ2v) is 11.6. The third-order valence-electron chi connectivity index (χ3n) is 2.62. The number of hydrogen-bond donors (Lipinski definition) is 0. The Labute approximate surface area is 132 Å². The summed E-state index contributed by atoms with van der Waals surface area (Å²) in [6, 6.07) is 8.53. The zero-order valence-corrected chi connectivity index (χ0v) is 19.0. The average Bonchev–Trinajstić information content (AvgIpc) is 2.46. The van der Waals surface area contributed by atoms with Gasteiger partial charge in [0, 0.05) is 0 Å². The molecule has 1 aromatic rings. The van der Waals surface area contributed by atoms with Crippen LogP contribution in [0.1, 0.15) is 5.56 Å². The molecule has 0 bridgehead atoms. The second kappa shape index (κ2) is 10.1. The summed E-state index contributed by atoms with van der Waals surface area (Å²) in [6.45, 7) is 8.95. The first kappa shape index (κ1) is 18.4. The fraction of sp³-hybridized carbons (Fsp3) is 0.455. The fourth-order valence-corrected chi connectivity index (χ4v) is 11.1. The third-order valence-corrected chi connectivity index (χ3v) is 11.7. The molecule has 0 fully saturated rings. The predicted molar refractivity (Wildman–Crippen MR) is 97.3 cm³/mol. The first-order valence-electron chi connectivity index (χ1n) is 7.02. The van der Waals surface area contributed by atoms with Crippen LogP contribution in [-0.2, 0) is 23.4 Å². The Bertz CT molecular complexity index is 362. The lowest BCUT2D eigenvalue weighted by atomic mass is 10.2. The van der Waals surface area contributed by atoms with Crippen LogP contribution in [0.4, 0.5) is 0 Å². The van der Waals surface area contributed by atoms with Crippen molar-refractivity contribution < 1.29 is 16.8 Å². The van der Waals surface area contributed by atoms with Crippen LogP contribution >= 0.6 is 8.58 Å². The second-order valence-electron chi connectivity index (χ2n) is 4.03. The van der Waals surface area contributed by atoms with Gasteiger partial charge in [-0.25, -0.2) is 0 Å². The zero-order chi connectivity index (χ0) is 14.8. The normalized spacial score (nSPS) is 16.6. The van der Waals surface area contributed by atoms with Crippen LogP contribution in [0.5, 0.6) is 0 Å². The van der Waals surface area contributed by atoms with E-state index in [0.29, 0.717) is 6.61 Å². The van der Waals surface area contributed by atoms with Gasteiger partial charge in [-0.2, -0.15) is 0 Å². The van der Waals surface area contributed by atoms with Gasteiger partial charge in [-0.15, -0.1) is 0 Å². The molecule has 0 spiro atoms. The van der Waals surface area contributed by atoms with Crippen molar-refractivity contribution in [1.29, 1.82) is 0 Å².